The molecule has 0 aliphatic carbocycles. The minimum Gasteiger partial charge on any atom is -0.481 e. The number of fused-ring (bicyclic) bond motifs is 1. The second-order valence-corrected chi connectivity index (χ2v) is 8.66. The minimum atomic E-state index is 0.493. The van der Waals surface area contributed by atoms with E-state index in [0.717, 1.165) is 39.3 Å². The predicted molar refractivity (Wildman–Crippen MR) is 155 cm³/mol. The molecule has 0 N–H and O–H groups in total. The SMILES string of the molecule is C=C/C=C\C(C#Cc1nc(/N=C/N(C)C)ccc1-c1c(-c2cccnc2OC)nc2cc(C)ccn12)=C/C. The third-order valence-corrected chi connectivity index (χ3v) is 5.61. The molecule has 38 heavy (non-hydrogen) atoms. The van der Waals surface area contributed by atoms with Gasteiger partial charge in [0.25, 0.3) is 0 Å². The van der Waals surface area contributed by atoms with Crippen molar-refractivity contribution >= 4 is 17.8 Å². The number of aliphatic imine (C=N–C) groups is 1. The molecule has 0 amide bonds. The highest BCUT2D eigenvalue weighted by Gasteiger charge is 2.22. The standard InChI is InChI=1S/C31H30N6O/c1-7-9-11-23(8-2)13-15-26-24(14-16-27(34-26)33-21-36(4)5)30-29(25-12-10-18-32-31(25)38-6)35-28-20-22(3)17-19-37(28)30/h7-12,14,16-21H,1H2,2-6H3/b11-9-,23-8+,33-21+. The quantitative estimate of drug-likeness (QED) is 0.133. The Labute approximate surface area is 223 Å². The molecule has 4 aromatic rings. The fourth-order valence-electron chi connectivity index (χ4n) is 3.82. The second-order valence-electron chi connectivity index (χ2n) is 8.66. The molecule has 0 bridgehead atoms. The first-order valence-electron chi connectivity index (χ1n) is 12.1. The van der Waals surface area contributed by atoms with Crippen LogP contribution in [-0.2, 0) is 0 Å². The van der Waals surface area contributed by atoms with E-state index in [2.05, 4.69) is 34.5 Å². The monoisotopic (exact) mass is 502 g/mol. The summed E-state index contributed by atoms with van der Waals surface area (Å²) in [6.45, 7) is 7.74. The summed E-state index contributed by atoms with van der Waals surface area (Å²) >= 11 is 0. The molecule has 0 radical (unpaired) electrons. The van der Waals surface area contributed by atoms with Gasteiger partial charge in [-0.1, -0.05) is 30.7 Å². The van der Waals surface area contributed by atoms with E-state index < -0.39 is 0 Å². The van der Waals surface area contributed by atoms with Crippen molar-refractivity contribution in [3.05, 3.63) is 96.5 Å². The van der Waals surface area contributed by atoms with E-state index in [1.54, 1.807) is 25.7 Å². The lowest BCUT2D eigenvalue weighted by molar-refractivity contribution is 0.399. The zero-order chi connectivity index (χ0) is 27.1. The maximum Gasteiger partial charge on any atom is 0.222 e. The van der Waals surface area contributed by atoms with Crippen molar-refractivity contribution in [3.63, 3.8) is 0 Å². The second kappa shape index (κ2) is 11.8. The van der Waals surface area contributed by atoms with E-state index in [9.17, 15) is 0 Å². The average molecular weight is 503 g/mol. The van der Waals surface area contributed by atoms with Crippen LogP contribution in [0, 0.1) is 18.8 Å². The van der Waals surface area contributed by atoms with Gasteiger partial charge in [-0.15, -0.1) is 0 Å². The van der Waals surface area contributed by atoms with Crippen molar-refractivity contribution in [1.82, 2.24) is 24.3 Å². The molecule has 0 unspecified atom stereocenters. The Morgan fingerprint density at radius 1 is 1.16 bits per heavy atom. The third-order valence-electron chi connectivity index (χ3n) is 5.61. The van der Waals surface area contributed by atoms with Gasteiger partial charge in [-0.3, -0.25) is 4.40 Å². The molecule has 0 aromatic carbocycles. The summed E-state index contributed by atoms with van der Waals surface area (Å²) in [6, 6.07) is 11.8. The zero-order valence-electron chi connectivity index (χ0n) is 22.3. The molecule has 7 nitrogen and oxygen atoms in total. The molecule has 0 atom stereocenters. The van der Waals surface area contributed by atoms with Crippen LogP contribution < -0.4 is 4.74 Å². The topological polar surface area (TPSA) is 67.9 Å². The van der Waals surface area contributed by atoms with Crippen LogP contribution >= 0.6 is 0 Å². The van der Waals surface area contributed by atoms with Crippen molar-refractivity contribution in [3.8, 4) is 40.2 Å². The van der Waals surface area contributed by atoms with Crippen LogP contribution in [0.15, 0.2) is 90.2 Å². The van der Waals surface area contributed by atoms with Crippen LogP contribution in [-0.4, -0.2) is 51.8 Å². The highest BCUT2D eigenvalue weighted by atomic mass is 16.5. The lowest BCUT2D eigenvalue weighted by Crippen LogP contribution is -2.07. The molecule has 0 saturated carbocycles. The maximum absolute atomic E-state index is 5.59. The van der Waals surface area contributed by atoms with Crippen LogP contribution in [0.1, 0.15) is 18.2 Å². The number of hydrogen-bond acceptors (Lipinski definition) is 5. The number of nitrogens with zero attached hydrogens (tertiary/aromatic N) is 6. The number of methoxy groups -OCH3 is 1. The molecule has 0 aliphatic heterocycles. The van der Waals surface area contributed by atoms with Crippen molar-refractivity contribution < 1.29 is 4.74 Å². The number of allylic oxidation sites excluding steroid dienone is 5. The number of pyridine rings is 3. The molecule has 7 heteroatoms. The summed E-state index contributed by atoms with van der Waals surface area (Å²) in [6.07, 6.45) is 12.9. The van der Waals surface area contributed by atoms with E-state index in [1.807, 2.05) is 92.0 Å². The molecule has 190 valence electrons. The van der Waals surface area contributed by atoms with Crippen molar-refractivity contribution in [1.29, 1.82) is 0 Å². The molecular weight excluding hydrogens is 472 g/mol. The van der Waals surface area contributed by atoms with Gasteiger partial charge >= 0.3 is 0 Å². The van der Waals surface area contributed by atoms with E-state index in [-0.39, 0.29) is 0 Å². The summed E-state index contributed by atoms with van der Waals surface area (Å²) in [4.78, 5) is 20.6. The fourth-order valence-corrected chi connectivity index (χ4v) is 3.82. The van der Waals surface area contributed by atoms with Gasteiger partial charge in [0.2, 0.25) is 5.88 Å². The van der Waals surface area contributed by atoms with Gasteiger partial charge in [0.05, 0.1) is 24.7 Å². The van der Waals surface area contributed by atoms with E-state index >= 15 is 0 Å². The Balaban J connectivity index is 2.03. The largest absolute Gasteiger partial charge is 0.481 e. The number of hydrogen-bond donors (Lipinski definition) is 0. The maximum atomic E-state index is 5.59. The molecule has 0 saturated heterocycles. The van der Waals surface area contributed by atoms with Gasteiger partial charge in [-0.05, 0) is 67.8 Å². The van der Waals surface area contributed by atoms with Gasteiger partial charge < -0.3 is 9.64 Å². The first-order chi connectivity index (χ1) is 18.4. The average Bonchev–Trinajstić information content (AvgIpc) is 3.30. The van der Waals surface area contributed by atoms with Crippen molar-refractivity contribution in [2.24, 2.45) is 4.99 Å². The fraction of sp³-hybridized carbons (Fsp3) is 0.161. The number of aryl methyl sites for hydroxylation is 1. The Bertz CT molecular complexity index is 1630. The molecule has 4 heterocycles. The van der Waals surface area contributed by atoms with Gasteiger partial charge in [-0.25, -0.2) is 19.9 Å². The first-order valence-corrected chi connectivity index (χ1v) is 12.1. The summed E-state index contributed by atoms with van der Waals surface area (Å²) in [7, 11) is 5.43. The summed E-state index contributed by atoms with van der Waals surface area (Å²) in [5, 5.41) is 0. The van der Waals surface area contributed by atoms with Crippen LogP contribution in [0.4, 0.5) is 5.82 Å². The highest BCUT2D eigenvalue weighted by Crippen LogP contribution is 2.38. The van der Waals surface area contributed by atoms with E-state index in [0.29, 0.717) is 17.4 Å². The molecule has 4 rings (SSSR count). The Hall–Kier alpha value is -4.96. The van der Waals surface area contributed by atoms with Crippen LogP contribution in [0.3, 0.4) is 0 Å². The lowest BCUT2D eigenvalue weighted by atomic mass is 10.0. The summed E-state index contributed by atoms with van der Waals surface area (Å²) in [5.74, 6) is 7.57. The van der Waals surface area contributed by atoms with Gasteiger partial charge in [-0.2, -0.15) is 0 Å². The number of imidazole rings is 1. The Kier molecular flexibility index (Phi) is 8.14. The molecule has 4 aromatic heterocycles. The van der Waals surface area contributed by atoms with Crippen LogP contribution in [0.2, 0.25) is 0 Å². The van der Waals surface area contributed by atoms with Gasteiger partial charge in [0.15, 0.2) is 5.82 Å². The van der Waals surface area contributed by atoms with Crippen molar-refractivity contribution in [2.45, 2.75) is 13.8 Å². The number of rotatable bonds is 7. The number of ether oxygens (including phenoxy) is 1. The first kappa shape index (κ1) is 26.1. The van der Waals surface area contributed by atoms with E-state index in [4.69, 9.17) is 14.7 Å². The lowest BCUT2D eigenvalue weighted by Gasteiger charge is -2.11. The molecule has 0 spiro atoms. The van der Waals surface area contributed by atoms with E-state index in [1.165, 1.54) is 0 Å². The van der Waals surface area contributed by atoms with Gasteiger partial charge in [0, 0.05) is 37.6 Å². The smallest absolute Gasteiger partial charge is 0.222 e. The van der Waals surface area contributed by atoms with Crippen LogP contribution in [0.5, 0.6) is 5.88 Å². The molecule has 0 aliphatic rings. The summed E-state index contributed by atoms with van der Waals surface area (Å²) < 4.78 is 7.64. The molecule has 0 fully saturated rings. The van der Waals surface area contributed by atoms with Crippen LogP contribution in [0.25, 0.3) is 28.2 Å². The van der Waals surface area contributed by atoms with Crippen molar-refractivity contribution in [2.75, 3.05) is 21.2 Å². The Morgan fingerprint density at radius 3 is 2.74 bits per heavy atom. The zero-order valence-corrected chi connectivity index (χ0v) is 22.3. The highest BCUT2D eigenvalue weighted by molar-refractivity contribution is 5.86. The number of aromatic nitrogens is 4. The summed E-state index contributed by atoms with van der Waals surface area (Å²) in [5.41, 5.74) is 6.51. The predicted octanol–water partition coefficient (Wildman–Crippen LogP) is 6.04. The normalized spacial score (nSPS) is 11.7. The minimum absolute atomic E-state index is 0.493. The molecular formula is C31H30N6O. The van der Waals surface area contributed by atoms with Gasteiger partial charge in [0.1, 0.15) is 17.0 Å². The third kappa shape index (κ3) is 5.71. The Morgan fingerprint density at radius 2 is 2.00 bits per heavy atom.